The van der Waals surface area contributed by atoms with Crippen molar-refractivity contribution in [2.24, 2.45) is 0 Å². The highest BCUT2D eigenvalue weighted by molar-refractivity contribution is 9.10. The predicted molar refractivity (Wildman–Crippen MR) is 102 cm³/mol. The van der Waals surface area contributed by atoms with Gasteiger partial charge < -0.3 is 4.90 Å². The number of nitro benzene ring substituents is 1. The van der Waals surface area contributed by atoms with Crippen LogP contribution in [0.1, 0.15) is 10.4 Å². The third kappa shape index (κ3) is 4.18. The van der Waals surface area contributed by atoms with Crippen LogP contribution < -0.4 is 0 Å². The van der Waals surface area contributed by atoms with Crippen LogP contribution in [0.2, 0.25) is 0 Å². The molecule has 3 rings (SSSR count). The molecule has 0 aliphatic carbocycles. The smallest absolute Gasteiger partial charge is 0.270 e. The van der Waals surface area contributed by atoms with Crippen molar-refractivity contribution in [3.05, 3.63) is 68.7 Å². The second-order valence-corrected chi connectivity index (χ2v) is 8.81. The molecule has 1 amide bonds. The Morgan fingerprint density at radius 1 is 1.04 bits per heavy atom. The summed E-state index contributed by atoms with van der Waals surface area (Å²) in [7, 11) is -3.64. The van der Waals surface area contributed by atoms with Crippen LogP contribution in [-0.4, -0.2) is 54.6 Å². The van der Waals surface area contributed by atoms with Crippen molar-refractivity contribution in [2.45, 2.75) is 4.90 Å². The number of hydrogen-bond donors (Lipinski definition) is 0. The molecule has 27 heavy (non-hydrogen) atoms. The van der Waals surface area contributed by atoms with E-state index < -0.39 is 14.9 Å². The number of nitrogens with zero attached hydrogens (tertiary/aromatic N) is 3. The molecule has 0 spiro atoms. The third-order valence-electron chi connectivity index (χ3n) is 4.26. The van der Waals surface area contributed by atoms with E-state index in [4.69, 9.17) is 0 Å². The van der Waals surface area contributed by atoms with E-state index in [-0.39, 0.29) is 48.2 Å². The van der Waals surface area contributed by atoms with E-state index in [1.807, 2.05) is 0 Å². The monoisotopic (exact) mass is 453 g/mol. The number of nitro groups is 1. The van der Waals surface area contributed by atoms with Crippen LogP contribution in [0.3, 0.4) is 0 Å². The molecule has 0 atom stereocenters. The van der Waals surface area contributed by atoms with Crippen molar-refractivity contribution in [2.75, 3.05) is 26.2 Å². The van der Waals surface area contributed by atoms with Gasteiger partial charge in [0.2, 0.25) is 10.0 Å². The molecule has 0 N–H and O–H groups in total. The largest absolute Gasteiger partial charge is 0.336 e. The fraction of sp³-hybridized carbons (Fsp3) is 0.235. The van der Waals surface area contributed by atoms with Gasteiger partial charge in [-0.3, -0.25) is 14.9 Å². The fourth-order valence-corrected chi connectivity index (χ4v) is 4.86. The topological polar surface area (TPSA) is 101 Å². The molecule has 1 aliphatic heterocycles. The molecule has 0 saturated carbocycles. The first kappa shape index (κ1) is 19.5. The summed E-state index contributed by atoms with van der Waals surface area (Å²) in [6.07, 6.45) is 0. The van der Waals surface area contributed by atoms with Gasteiger partial charge in [0.1, 0.15) is 0 Å². The van der Waals surface area contributed by atoms with Gasteiger partial charge in [0, 0.05) is 48.3 Å². The Labute approximate surface area is 164 Å². The van der Waals surface area contributed by atoms with Crippen molar-refractivity contribution in [3.8, 4) is 0 Å². The summed E-state index contributed by atoms with van der Waals surface area (Å²) in [6, 6.07) is 12.0. The summed E-state index contributed by atoms with van der Waals surface area (Å²) in [5.41, 5.74) is 0.0595. The standard InChI is InChI=1S/C17H16BrN3O5S/c18-14-4-2-6-16(12-14)27(25,26)20-9-7-19(8-10-20)17(22)13-3-1-5-15(11-13)21(23)24/h1-6,11-12H,7-10H2. The van der Waals surface area contributed by atoms with Crippen LogP contribution in [0.15, 0.2) is 57.9 Å². The summed E-state index contributed by atoms with van der Waals surface area (Å²) >= 11 is 3.27. The normalized spacial score (nSPS) is 15.5. The van der Waals surface area contributed by atoms with Gasteiger partial charge in [-0.25, -0.2) is 8.42 Å². The Kier molecular flexibility index (Phi) is 5.59. The molecule has 10 heteroatoms. The number of carbonyl (C=O) groups is 1. The molecule has 142 valence electrons. The molecule has 1 aliphatic rings. The molecule has 8 nitrogen and oxygen atoms in total. The molecular weight excluding hydrogens is 438 g/mol. The minimum absolute atomic E-state index is 0.156. The molecule has 2 aromatic rings. The zero-order valence-corrected chi connectivity index (χ0v) is 16.5. The lowest BCUT2D eigenvalue weighted by atomic mass is 10.1. The Balaban J connectivity index is 1.71. The lowest BCUT2D eigenvalue weighted by molar-refractivity contribution is -0.384. The first-order chi connectivity index (χ1) is 12.8. The van der Waals surface area contributed by atoms with E-state index in [1.54, 1.807) is 12.1 Å². The second kappa shape index (κ2) is 7.75. The van der Waals surface area contributed by atoms with Crippen molar-refractivity contribution >= 4 is 37.5 Å². The molecule has 1 fully saturated rings. The van der Waals surface area contributed by atoms with Crippen molar-refractivity contribution in [1.29, 1.82) is 0 Å². The number of halogens is 1. The van der Waals surface area contributed by atoms with Crippen LogP contribution in [0.5, 0.6) is 0 Å². The molecule has 0 unspecified atom stereocenters. The van der Waals surface area contributed by atoms with Crippen LogP contribution in [0.25, 0.3) is 0 Å². The second-order valence-electron chi connectivity index (χ2n) is 5.96. The summed E-state index contributed by atoms with van der Waals surface area (Å²) < 4.78 is 27.5. The van der Waals surface area contributed by atoms with Gasteiger partial charge in [0.15, 0.2) is 0 Å². The number of piperazine rings is 1. The minimum Gasteiger partial charge on any atom is -0.336 e. The Hall–Kier alpha value is -2.30. The van der Waals surface area contributed by atoms with Crippen molar-refractivity contribution < 1.29 is 18.1 Å². The molecule has 0 bridgehead atoms. The Morgan fingerprint density at radius 2 is 1.70 bits per heavy atom. The summed E-state index contributed by atoms with van der Waals surface area (Å²) in [6.45, 7) is 0.758. The predicted octanol–water partition coefficient (Wildman–Crippen LogP) is 2.50. The molecular formula is C17H16BrN3O5S. The highest BCUT2D eigenvalue weighted by Crippen LogP contribution is 2.22. The number of rotatable bonds is 4. The SMILES string of the molecule is O=C(c1cccc([N+](=O)[O-])c1)N1CCN(S(=O)(=O)c2cccc(Br)c2)CC1. The average Bonchev–Trinajstić information content (AvgIpc) is 2.67. The van der Waals surface area contributed by atoms with E-state index in [9.17, 15) is 23.3 Å². The Bertz CT molecular complexity index is 988. The van der Waals surface area contributed by atoms with Crippen molar-refractivity contribution in [3.63, 3.8) is 0 Å². The van der Waals surface area contributed by atoms with Gasteiger partial charge in [-0.15, -0.1) is 0 Å². The highest BCUT2D eigenvalue weighted by atomic mass is 79.9. The quantitative estimate of drug-likeness (QED) is 0.522. The van der Waals surface area contributed by atoms with Crippen molar-refractivity contribution in [1.82, 2.24) is 9.21 Å². The van der Waals surface area contributed by atoms with Gasteiger partial charge >= 0.3 is 0 Å². The molecule has 1 heterocycles. The lowest BCUT2D eigenvalue weighted by Crippen LogP contribution is -2.50. The highest BCUT2D eigenvalue weighted by Gasteiger charge is 2.30. The average molecular weight is 454 g/mol. The van der Waals surface area contributed by atoms with Gasteiger partial charge in [-0.05, 0) is 24.3 Å². The van der Waals surface area contributed by atoms with E-state index in [1.165, 1.54) is 45.6 Å². The fourth-order valence-electron chi connectivity index (χ4n) is 2.84. The third-order valence-corrected chi connectivity index (χ3v) is 6.65. The zero-order chi connectivity index (χ0) is 19.6. The number of carbonyl (C=O) groups excluding carboxylic acids is 1. The van der Waals surface area contributed by atoms with Gasteiger partial charge in [0.25, 0.3) is 11.6 Å². The maximum Gasteiger partial charge on any atom is 0.270 e. The lowest BCUT2D eigenvalue weighted by Gasteiger charge is -2.34. The molecule has 0 radical (unpaired) electrons. The number of non-ortho nitro benzene ring substituents is 1. The number of hydrogen-bond acceptors (Lipinski definition) is 5. The van der Waals surface area contributed by atoms with E-state index >= 15 is 0 Å². The van der Waals surface area contributed by atoms with E-state index in [0.717, 1.165) is 0 Å². The van der Waals surface area contributed by atoms with Crippen LogP contribution >= 0.6 is 15.9 Å². The molecule has 2 aromatic carbocycles. The number of amides is 1. The minimum atomic E-state index is -3.64. The van der Waals surface area contributed by atoms with E-state index in [2.05, 4.69) is 15.9 Å². The first-order valence-corrected chi connectivity index (χ1v) is 10.3. The zero-order valence-electron chi connectivity index (χ0n) is 14.1. The Morgan fingerprint density at radius 3 is 2.33 bits per heavy atom. The number of sulfonamides is 1. The summed E-state index contributed by atoms with van der Waals surface area (Å²) in [4.78, 5) is 24.6. The maximum atomic E-state index is 12.7. The van der Waals surface area contributed by atoms with Gasteiger partial charge in [-0.2, -0.15) is 4.31 Å². The van der Waals surface area contributed by atoms with Gasteiger partial charge in [0.05, 0.1) is 9.82 Å². The van der Waals surface area contributed by atoms with Gasteiger partial charge in [-0.1, -0.05) is 28.1 Å². The van der Waals surface area contributed by atoms with Crippen LogP contribution in [-0.2, 0) is 10.0 Å². The van der Waals surface area contributed by atoms with Crippen LogP contribution in [0.4, 0.5) is 5.69 Å². The molecule has 0 aromatic heterocycles. The summed E-state index contributed by atoms with van der Waals surface area (Å²) in [5, 5.41) is 10.9. The number of benzene rings is 2. The van der Waals surface area contributed by atoms with E-state index in [0.29, 0.717) is 4.47 Å². The first-order valence-electron chi connectivity index (χ1n) is 8.08. The maximum absolute atomic E-state index is 12.7. The summed E-state index contributed by atoms with van der Waals surface area (Å²) in [5.74, 6) is -0.349. The van der Waals surface area contributed by atoms with Crippen LogP contribution in [0, 0.1) is 10.1 Å². The molecule has 1 saturated heterocycles.